The lowest BCUT2D eigenvalue weighted by Gasteiger charge is -2.29. The van der Waals surface area contributed by atoms with Crippen LogP contribution in [0.3, 0.4) is 0 Å². The molecule has 4 N–H and O–H groups in total. The number of nitrogens with zero attached hydrogens (tertiary/aromatic N) is 8. The average molecular weight is 1210 g/mol. The number of halogens is 2. The van der Waals surface area contributed by atoms with E-state index in [0.29, 0.717) is 40.2 Å². The molecule has 4 aliphatic heterocycles. The van der Waals surface area contributed by atoms with Gasteiger partial charge in [-0.05, 0) is 81.6 Å². The second kappa shape index (κ2) is 26.1. The standard InChI is InChI=1S/C60H75Cl2N10O11P/c1-6-7-8-9-10-11-12-13-14-15-16-17-18-19-30-74-31-32-75-84(73,82-43-24-20-22-39(49(43)61)33-45-51-53(80-57(2,3)78-51)59(35-63,76-45)47-28-26-41-55(65)67-37-69-71(41)47)83-44-25-21-23-40(50(44)62)34-46-52-54(81-58(4,5)79-52)60(36-64,77-46)48-29-27-42-56(66)68-38-70-72(42)48/h20-29,37-38,45-46,51-54H,6-19,30-34H2,1-5H3,(H2,65,67,69)(H2,66,68,70)/t45-,46-,51-,52-,53-,54-,59+,60+/m1/s1. The summed E-state index contributed by atoms with van der Waals surface area (Å²) < 4.78 is 82.1. The lowest BCUT2D eigenvalue weighted by Crippen LogP contribution is -2.40. The number of hydrogen-bond donors (Lipinski definition) is 2. The number of rotatable bonds is 29. The molecule has 6 aromatic rings. The Kier molecular flexibility index (Phi) is 19.1. The van der Waals surface area contributed by atoms with Crippen LogP contribution in [-0.2, 0) is 66.3 Å². The highest BCUT2D eigenvalue weighted by atomic mass is 35.5. The number of phosphoric acid groups is 1. The molecule has 8 heterocycles. The summed E-state index contributed by atoms with van der Waals surface area (Å²) in [4.78, 5) is 8.21. The first kappa shape index (κ1) is 61.4. The zero-order chi connectivity index (χ0) is 59.3. The summed E-state index contributed by atoms with van der Waals surface area (Å²) in [5.41, 5.74) is 11.7. The van der Waals surface area contributed by atoms with Crippen LogP contribution in [0.1, 0.15) is 147 Å². The van der Waals surface area contributed by atoms with Crippen molar-refractivity contribution in [3.63, 3.8) is 0 Å². The number of fused-ring (bicyclic) bond motifs is 4. The van der Waals surface area contributed by atoms with Crippen molar-refractivity contribution in [1.82, 2.24) is 29.2 Å². The molecule has 0 unspecified atom stereocenters. The van der Waals surface area contributed by atoms with Crippen LogP contribution >= 0.6 is 31.0 Å². The number of phosphoric ester groups is 1. The maximum absolute atomic E-state index is 15.3. The van der Waals surface area contributed by atoms with Crippen molar-refractivity contribution in [3.8, 4) is 23.6 Å². The predicted octanol–water partition coefficient (Wildman–Crippen LogP) is 12.1. The Bertz CT molecular complexity index is 3210. The number of nitrogen functional groups attached to an aromatic ring is 2. The molecule has 21 nitrogen and oxygen atoms in total. The number of nitrogens with two attached hydrogens (primary N) is 2. The Hall–Kier alpha value is -5.65. The van der Waals surface area contributed by atoms with E-state index < -0.39 is 67.2 Å². The van der Waals surface area contributed by atoms with Gasteiger partial charge >= 0.3 is 7.82 Å². The lowest BCUT2D eigenvalue weighted by molar-refractivity contribution is -0.201. The molecular formula is C60H75Cl2N10O11P. The summed E-state index contributed by atoms with van der Waals surface area (Å²) in [6, 6.07) is 21.6. The Morgan fingerprint density at radius 3 is 1.44 bits per heavy atom. The van der Waals surface area contributed by atoms with Gasteiger partial charge in [0.1, 0.15) is 60.2 Å². The molecule has 0 radical (unpaired) electrons. The molecule has 0 spiro atoms. The third kappa shape index (κ3) is 12.9. The van der Waals surface area contributed by atoms with E-state index in [1.54, 1.807) is 76.2 Å². The summed E-state index contributed by atoms with van der Waals surface area (Å²) in [6.07, 6.45) is 15.3. The number of aromatic nitrogens is 6. The molecule has 0 aliphatic carbocycles. The van der Waals surface area contributed by atoms with Crippen LogP contribution in [0, 0.1) is 22.7 Å². The maximum atomic E-state index is 15.3. The first-order valence-corrected chi connectivity index (χ1v) is 31.5. The average Bonchev–Trinajstić information content (AvgIpc) is 1.69. The largest absolute Gasteiger partial charge is 0.587 e. The molecule has 0 amide bonds. The van der Waals surface area contributed by atoms with E-state index in [-0.39, 0.29) is 59.2 Å². The molecular weight excluding hydrogens is 1140 g/mol. The van der Waals surface area contributed by atoms with E-state index in [0.717, 1.165) is 19.3 Å². The molecule has 4 saturated heterocycles. The highest BCUT2D eigenvalue weighted by Gasteiger charge is 2.67. The molecule has 24 heteroatoms. The van der Waals surface area contributed by atoms with Crippen LogP contribution in [0.15, 0.2) is 73.3 Å². The molecule has 0 saturated carbocycles. The van der Waals surface area contributed by atoms with Crippen LogP contribution in [0.2, 0.25) is 10.0 Å². The fraction of sp³-hybridized carbons (Fsp3) is 0.567. The van der Waals surface area contributed by atoms with Gasteiger partial charge in [0.05, 0.1) is 46.9 Å². The highest BCUT2D eigenvalue weighted by Crippen LogP contribution is 2.55. The van der Waals surface area contributed by atoms with E-state index in [1.807, 2.05) is 0 Å². The van der Waals surface area contributed by atoms with Gasteiger partial charge in [-0.2, -0.15) is 20.7 Å². The van der Waals surface area contributed by atoms with Crippen molar-refractivity contribution in [3.05, 3.63) is 106 Å². The number of benzene rings is 2. The smallest absolute Gasteiger partial charge is 0.393 e. The van der Waals surface area contributed by atoms with Crippen LogP contribution in [0.4, 0.5) is 11.6 Å². The Labute approximate surface area is 500 Å². The minimum absolute atomic E-state index is 0.0351. The Balaban J connectivity index is 0.847. The van der Waals surface area contributed by atoms with Crippen molar-refractivity contribution < 1.29 is 51.3 Å². The second-order valence-electron chi connectivity index (χ2n) is 22.9. The van der Waals surface area contributed by atoms with Gasteiger partial charge in [-0.1, -0.05) is 138 Å². The summed E-state index contributed by atoms with van der Waals surface area (Å²) in [6.45, 7) is 9.73. The molecule has 4 fully saturated rings. The molecule has 450 valence electrons. The minimum atomic E-state index is -4.70. The molecule has 0 bridgehead atoms. The van der Waals surface area contributed by atoms with Gasteiger partial charge < -0.3 is 53.7 Å². The van der Waals surface area contributed by atoms with Gasteiger partial charge in [-0.3, -0.25) is 4.52 Å². The third-order valence-corrected chi connectivity index (χ3v) is 18.2. The summed E-state index contributed by atoms with van der Waals surface area (Å²) in [5, 5.41) is 30.9. The topological polar surface area (TPSA) is 269 Å². The summed E-state index contributed by atoms with van der Waals surface area (Å²) in [7, 11) is -4.70. The number of nitriles is 2. The molecule has 2 aromatic carbocycles. The normalized spacial score (nSPS) is 25.0. The first-order valence-electron chi connectivity index (χ1n) is 29.3. The van der Waals surface area contributed by atoms with Gasteiger partial charge in [0.25, 0.3) is 0 Å². The van der Waals surface area contributed by atoms with E-state index in [1.165, 1.54) is 104 Å². The van der Waals surface area contributed by atoms with Crippen LogP contribution in [-0.4, -0.2) is 97.2 Å². The fourth-order valence-corrected chi connectivity index (χ4v) is 13.8. The Morgan fingerprint density at radius 2 is 1.01 bits per heavy atom. The highest BCUT2D eigenvalue weighted by molar-refractivity contribution is 7.49. The van der Waals surface area contributed by atoms with Crippen LogP contribution in [0.25, 0.3) is 11.0 Å². The monoisotopic (exact) mass is 1210 g/mol. The number of anilines is 2. The lowest BCUT2D eigenvalue weighted by atomic mass is 9.91. The molecule has 8 atom stereocenters. The summed E-state index contributed by atoms with van der Waals surface area (Å²) >= 11 is 14.5. The predicted molar refractivity (Wildman–Crippen MR) is 313 cm³/mol. The van der Waals surface area contributed by atoms with Crippen LogP contribution in [0.5, 0.6) is 11.5 Å². The minimum Gasteiger partial charge on any atom is -0.393 e. The molecule has 10 rings (SSSR count). The zero-order valence-corrected chi connectivity index (χ0v) is 50.7. The third-order valence-electron chi connectivity index (χ3n) is 16.0. The molecule has 84 heavy (non-hydrogen) atoms. The first-order chi connectivity index (χ1) is 40.4. The number of unbranched alkanes of at least 4 members (excludes halogenated alkanes) is 13. The van der Waals surface area contributed by atoms with E-state index in [4.69, 9.17) is 81.4 Å². The quantitative estimate of drug-likeness (QED) is 0.0326. The summed E-state index contributed by atoms with van der Waals surface area (Å²) in [5.74, 6) is -1.80. The van der Waals surface area contributed by atoms with Gasteiger partial charge in [0.15, 0.2) is 34.7 Å². The number of ether oxygens (including phenoxy) is 7. The molecule has 4 aliphatic rings. The van der Waals surface area contributed by atoms with Crippen molar-refractivity contribution in [1.29, 1.82) is 10.5 Å². The zero-order valence-electron chi connectivity index (χ0n) is 48.3. The number of hydrogen-bond acceptors (Lipinski definition) is 19. The van der Waals surface area contributed by atoms with Crippen molar-refractivity contribution in [2.24, 2.45) is 0 Å². The van der Waals surface area contributed by atoms with Crippen molar-refractivity contribution >= 4 is 53.7 Å². The fourth-order valence-electron chi connectivity index (χ4n) is 12.0. The van der Waals surface area contributed by atoms with E-state index in [9.17, 15) is 10.5 Å². The van der Waals surface area contributed by atoms with E-state index >= 15 is 4.57 Å². The van der Waals surface area contributed by atoms with E-state index in [2.05, 4.69) is 39.2 Å². The van der Waals surface area contributed by atoms with Crippen molar-refractivity contribution in [2.75, 3.05) is 31.3 Å². The van der Waals surface area contributed by atoms with Gasteiger partial charge in [-0.25, -0.2) is 23.6 Å². The van der Waals surface area contributed by atoms with Crippen molar-refractivity contribution in [2.45, 2.75) is 197 Å². The Morgan fingerprint density at radius 1 is 0.583 bits per heavy atom. The van der Waals surface area contributed by atoms with Gasteiger partial charge in [-0.15, -0.1) is 0 Å². The molecule has 4 aromatic heterocycles. The SMILES string of the molecule is CCCCCCCCCCCCCCCCOCCOP(=O)(Oc1cccc(C[C@H]2O[C@@](C#N)(c3ccc4c(N)ncnn34)[C@@H]3OC(C)(C)O[C@@H]32)c1Cl)Oc1cccc(C[C@H]2O[C@@](C#N)(c3ccc4c(N)ncnn34)[C@@H]3OC(C)(C)O[C@@H]32)c1Cl. The van der Waals surface area contributed by atoms with Crippen LogP contribution < -0.4 is 20.5 Å². The van der Waals surface area contributed by atoms with Gasteiger partial charge in [0.2, 0.25) is 11.2 Å². The van der Waals surface area contributed by atoms with Gasteiger partial charge in [0, 0.05) is 19.4 Å². The maximum Gasteiger partial charge on any atom is 0.587 e. The second-order valence-corrected chi connectivity index (χ2v) is 25.2.